The highest BCUT2D eigenvalue weighted by Crippen LogP contribution is 2.25. The number of hydrogen-bond donors (Lipinski definition) is 0. The number of rotatable bonds is 3. The maximum absolute atomic E-state index is 13.3. The standard InChI is InChI=1S/C22H22FN3O/c1-16-11-13-25(14-12-16)22(27)21-15-20(17-7-9-18(23)10-8-17)24-26(21)19-5-3-2-4-6-19/h2-10,15-16H,11-14H2,1H3. The first kappa shape index (κ1) is 17.5. The summed E-state index contributed by atoms with van der Waals surface area (Å²) in [6.07, 6.45) is 2.05. The van der Waals surface area contributed by atoms with Gasteiger partial charge in [-0.3, -0.25) is 4.79 Å². The normalized spacial score (nSPS) is 15.1. The van der Waals surface area contributed by atoms with Gasteiger partial charge in [0.05, 0.1) is 11.4 Å². The number of aromatic nitrogens is 2. The van der Waals surface area contributed by atoms with Gasteiger partial charge in [0.15, 0.2) is 0 Å². The highest BCUT2D eigenvalue weighted by molar-refractivity contribution is 5.94. The van der Waals surface area contributed by atoms with Crippen molar-refractivity contribution in [1.82, 2.24) is 14.7 Å². The van der Waals surface area contributed by atoms with Gasteiger partial charge in [-0.25, -0.2) is 9.07 Å². The van der Waals surface area contributed by atoms with Crippen LogP contribution in [0.5, 0.6) is 0 Å². The summed E-state index contributed by atoms with van der Waals surface area (Å²) in [7, 11) is 0. The van der Waals surface area contributed by atoms with Gasteiger partial charge in [-0.1, -0.05) is 25.1 Å². The largest absolute Gasteiger partial charge is 0.337 e. The lowest BCUT2D eigenvalue weighted by molar-refractivity contribution is 0.0688. The molecule has 2 aromatic carbocycles. The van der Waals surface area contributed by atoms with Gasteiger partial charge < -0.3 is 4.90 Å². The van der Waals surface area contributed by atoms with Crippen LogP contribution in [0.4, 0.5) is 4.39 Å². The summed E-state index contributed by atoms with van der Waals surface area (Å²) in [5.74, 6) is 0.356. The van der Waals surface area contributed by atoms with E-state index in [1.807, 2.05) is 35.2 Å². The monoisotopic (exact) mass is 363 g/mol. The number of para-hydroxylation sites is 1. The van der Waals surface area contributed by atoms with Crippen LogP contribution in [-0.4, -0.2) is 33.7 Å². The third-order valence-electron chi connectivity index (χ3n) is 5.14. The van der Waals surface area contributed by atoms with Crippen LogP contribution in [0.1, 0.15) is 30.3 Å². The van der Waals surface area contributed by atoms with Crippen LogP contribution >= 0.6 is 0 Å². The zero-order valence-corrected chi connectivity index (χ0v) is 15.3. The molecule has 0 unspecified atom stereocenters. The Morgan fingerprint density at radius 1 is 1.04 bits per heavy atom. The van der Waals surface area contributed by atoms with Crippen LogP contribution in [0.15, 0.2) is 60.7 Å². The lowest BCUT2D eigenvalue weighted by Crippen LogP contribution is -2.38. The molecule has 1 aromatic heterocycles. The van der Waals surface area contributed by atoms with Crippen molar-refractivity contribution in [2.24, 2.45) is 5.92 Å². The molecule has 4 rings (SSSR count). The van der Waals surface area contributed by atoms with Gasteiger partial charge >= 0.3 is 0 Å². The summed E-state index contributed by atoms with van der Waals surface area (Å²) in [5.41, 5.74) is 2.81. The molecule has 0 spiro atoms. The highest BCUT2D eigenvalue weighted by atomic mass is 19.1. The molecule has 3 aromatic rings. The van der Waals surface area contributed by atoms with E-state index in [-0.39, 0.29) is 11.7 Å². The van der Waals surface area contributed by atoms with Gasteiger partial charge in [-0.2, -0.15) is 5.10 Å². The molecular weight excluding hydrogens is 341 g/mol. The molecule has 4 nitrogen and oxygen atoms in total. The van der Waals surface area contributed by atoms with Crippen molar-refractivity contribution in [1.29, 1.82) is 0 Å². The first-order valence-corrected chi connectivity index (χ1v) is 9.32. The Morgan fingerprint density at radius 3 is 2.37 bits per heavy atom. The molecule has 0 radical (unpaired) electrons. The zero-order chi connectivity index (χ0) is 18.8. The van der Waals surface area contributed by atoms with Gasteiger partial charge in [0.2, 0.25) is 0 Å². The molecule has 0 atom stereocenters. The average Bonchev–Trinajstić information content (AvgIpc) is 3.15. The number of piperidine rings is 1. The summed E-state index contributed by atoms with van der Waals surface area (Å²) in [6, 6.07) is 17.6. The minimum Gasteiger partial charge on any atom is -0.337 e. The fraction of sp³-hybridized carbons (Fsp3) is 0.273. The van der Waals surface area contributed by atoms with Crippen LogP contribution < -0.4 is 0 Å². The van der Waals surface area contributed by atoms with Crippen LogP contribution in [0.25, 0.3) is 16.9 Å². The summed E-state index contributed by atoms with van der Waals surface area (Å²) >= 11 is 0. The SMILES string of the molecule is CC1CCN(C(=O)c2cc(-c3ccc(F)cc3)nn2-c2ccccc2)CC1. The third-order valence-corrected chi connectivity index (χ3v) is 5.14. The molecule has 1 fully saturated rings. The van der Waals surface area contributed by atoms with E-state index in [0.29, 0.717) is 17.3 Å². The van der Waals surface area contributed by atoms with E-state index in [1.54, 1.807) is 22.9 Å². The van der Waals surface area contributed by atoms with Gasteiger partial charge in [-0.15, -0.1) is 0 Å². The Kier molecular flexibility index (Phi) is 4.75. The lowest BCUT2D eigenvalue weighted by atomic mass is 9.99. The number of amides is 1. The number of carbonyl (C=O) groups is 1. The fourth-order valence-corrected chi connectivity index (χ4v) is 3.43. The summed E-state index contributed by atoms with van der Waals surface area (Å²) in [5, 5.41) is 4.66. The fourth-order valence-electron chi connectivity index (χ4n) is 3.43. The Morgan fingerprint density at radius 2 is 1.70 bits per heavy atom. The van der Waals surface area contributed by atoms with Crippen molar-refractivity contribution in [2.45, 2.75) is 19.8 Å². The predicted molar refractivity (Wildman–Crippen MR) is 103 cm³/mol. The molecule has 2 heterocycles. The number of carbonyl (C=O) groups excluding carboxylic acids is 1. The first-order chi connectivity index (χ1) is 13.1. The molecule has 1 aliphatic heterocycles. The van der Waals surface area contributed by atoms with Crippen LogP contribution in [0, 0.1) is 11.7 Å². The molecule has 138 valence electrons. The number of likely N-dealkylation sites (tertiary alicyclic amines) is 1. The molecule has 1 saturated heterocycles. The van der Waals surface area contributed by atoms with Gasteiger partial charge in [0, 0.05) is 18.7 Å². The second-order valence-electron chi connectivity index (χ2n) is 7.14. The number of hydrogen-bond acceptors (Lipinski definition) is 2. The molecular formula is C22H22FN3O. The smallest absolute Gasteiger partial charge is 0.272 e. The van der Waals surface area contributed by atoms with Gasteiger partial charge in [0.25, 0.3) is 5.91 Å². The van der Waals surface area contributed by atoms with Crippen molar-refractivity contribution in [3.63, 3.8) is 0 Å². The second kappa shape index (κ2) is 7.35. The van der Waals surface area contributed by atoms with Crippen molar-refractivity contribution in [3.8, 4) is 16.9 Å². The summed E-state index contributed by atoms with van der Waals surface area (Å²) in [4.78, 5) is 15.1. The van der Waals surface area contributed by atoms with E-state index < -0.39 is 0 Å². The highest BCUT2D eigenvalue weighted by Gasteiger charge is 2.25. The number of nitrogens with zero attached hydrogens (tertiary/aromatic N) is 3. The molecule has 1 aliphatic rings. The maximum Gasteiger partial charge on any atom is 0.272 e. The molecule has 0 aliphatic carbocycles. The number of benzene rings is 2. The Labute approximate surface area is 158 Å². The van der Waals surface area contributed by atoms with E-state index in [1.165, 1.54) is 12.1 Å². The molecule has 0 N–H and O–H groups in total. The van der Waals surface area contributed by atoms with E-state index >= 15 is 0 Å². The maximum atomic E-state index is 13.3. The van der Waals surface area contributed by atoms with Gasteiger partial charge in [0.1, 0.15) is 11.5 Å². The van der Waals surface area contributed by atoms with E-state index in [0.717, 1.165) is 37.2 Å². The summed E-state index contributed by atoms with van der Waals surface area (Å²) in [6.45, 7) is 3.76. The molecule has 1 amide bonds. The predicted octanol–water partition coefficient (Wildman–Crippen LogP) is 4.55. The van der Waals surface area contributed by atoms with E-state index in [4.69, 9.17) is 0 Å². The quantitative estimate of drug-likeness (QED) is 0.685. The molecule has 5 heteroatoms. The van der Waals surface area contributed by atoms with Crippen molar-refractivity contribution >= 4 is 5.91 Å². The third kappa shape index (κ3) is 3.63. The van der Waals surface area contributed by atoms with Crippen molar-refractivity contribution < 1.29 is 9.18 Å². The van der Waals surface area contributed by atoms with E-state index in [2.05, 4.69) is 12.0 Å². The number of halogens is 1. The van der Waals surface area contributed by atoms with Crippen LogP contribution in [-0.2, 0) is 0 Å². The Hall–Kier alpha value is -2.95. The van der Waals surface area contributed by atoms with Crippen molar-refractivity contribution in [3.05, 3.63) is 72.2 Å². The molecule has 27 heavy (non-hydrogen) atoms. The minimum atomic E-state index is -0.292. The first-order valence-electron chi connectivity index (χ1n) is 9.32. The van der Waals surface area contributed by atoms with Crippen molar-refractivity contribution in [2.75, 3.05) is 13.1 Å². The van der Waals surface area contributed by atoms with Crippen LogP contribution in [0.3, 0.4) is 0 Å². The second-order valence-corrected chi connectivity index (χ2v) is 7.14. The molecule has 0 bridgehead atoms. The zero-order valence-electron chi connectivity index (χ0n) is 15.3. The average molecular weight is 363 g/mol. The topological polar surface area (TPSA) is 38.1 Å². The van der Waals surface area contributed by atoms with Gasteiger partial charge in [-0.05, 0) is 61.2 Å². The lowest BCUT2D eigenvalue weighted by Gasteiger charge is -2.30. The minimum absolute atomic E-state index is 0.00776. The summed E-state index contributed by atoms with van der Waals surface area (Å²) < 4.78 is 15.0. The van der Waals surface area contributed by atoms with E-state index in [9.17, 15) is 9.18 Å². The molecule has 0 saturated carbocycles. The Balaban J connectivity index is 1.74. The van der Waals surface area contributed by atoms with Crippen LogP contribution in [0.2, 0.25) is 0 Å². The Bertz CT molecular complexity index is 926.